The van der Waals surface area contributed by atoms with Gasteiger partial charge in [-0.1, -0.05) is 6.42 Å². The van der Waals surface area contributed by atoms with E-state index < -0.39 is 11.7 Å². The first-order valence-electron chi connectivity index (χ1n) is 9.74. The van der Waals surface area contributed by atoms with Crippen LogP contribution in [0.5, 0.6) is 0 Å². The van der Waals surface area contributed by atoms with E-state index in [0.717, 1.165) is 32.1 Å². The van der Waals surface area contributed by atoms with Crippen molar-refractivity contribution < 1.29 is 23.8 Å². The van der Waals surface area contributed by atoms with E-state index in [1.807, 2.05) is 20.8 Å². The lowest BCUT2D eigenvalue weighted by molar-refractivity contribution is -0.121. The minimum absolute atomic E-state index is 0.0499. The Bertz CT molecular complexity index is 423. The van der Waals surface area contributed by atoms with Crippen LogP contribution >= 0.6 is 0 Å². The van der Waals surface area contributed by atoms with Crippen LogP contribution in [0.4, 0.5) is 4.79 Å². The summed E-state index contributed by atoms with van der Waals surface area (Å²) in [5.41, 5.74) is -0.476. The van der Waals surface area contributed by atoms with Crippen LogP contribution in [0.25, 0.3) is 0 Å². The monoisotopic (exact) mass is 372 g/mol. The van der Waals surface area contributed by atoms with Gasteiger partial charge in [-0.3, -0.25) is 4.79 Å². The van der Waals surface area contributed by atoms with E-state index in [-0.39, 0.29) is 5.91 Å². The van der Waals surface area contributed by atoms with Crippen LogP contribution in [0, 0.1) is 0 Å². The van der Waals surface area contributed by atoms with Crippen molar-refractivity contribution in [1.82, 2.24) is 10.6 Å². The molecule has 2 unspecified atom stereocenters. The first-order chi connectivity index (χ1) is 12.3. The molecule has 0 aliphatic carbocycles. The van der Waals surface area contributed by atoms with Crippen molar-refractivity contribution in [1.29, 1.82) is 0 Å². The van der Waals surface area contributed by atoms with E-state index in [2.05, 4.69) is 17.6 Å². The maximum absolute atomic E-state index is 11.7. The first kappa shape index (κ1) is 22.7. The Morgan fingerprint density at radius 1 is 1.00 bits per heavy atom. The van der Waals surface area contributed by atoms with Gasteiger partial charge in [0.25, 0.3) is 0 Å². The maximum atomic E-state index is 11.7. The molecule has 1 saturated heterocycles. The predicted molar refractivity (Wildman–Crippen MR) is 100 cm³/mol. The smallest absolute Gasteiger partial charge is 0.407 e. The molecule has 0 aromatic rings. The minimum atomic E-state index is -0.476. The zero-order valence-corrected chi connectivity index (χ0v) is 16.8. The summed E-state index contributed by atoms with van der Waals surface area (Å²) in [5, 5.41) is 5.57. The standard InChI is InChI=1S/C19H36N2O5/c1-15-16(25-15)9-8-13-24-14-12-20-17(22)10-6-5-7-11-21-18(23)26-19(2,3)4/h15-16H,5-14H2,1-4H3,(H,20,22)(H,21,23). The number of epoxide rings is 1. The van der Waals surface area contributed by atoms with Gasteiger partial charge in [0, 0.05) is 26.1 Å². The SMILES string of the molecule is CC1OC1CCCOCCNC(=O)CCCCCNC(=O)OC(C)(C)C. The molecule has 1 fully saturated rings. The largest absolute Gasteiger partial charge is 0.444 e. The summed E-state index contributed by atoms with van der Waals surface area (Å²) in [6.45, 7) is 9.96. The minimum Gasteiger partial charge on any atom is -0.444 e. The van der Waals surface area contributed by atoms with Crippen LogP contribution in [-0.4, -0.2) is 56.1 Å². The number of nitrogens with one attached hydrogen (secondary N) is 2. The van der Waals surface area contributed by atoms with E-state index in [4.69, 9.17) is 14.2 Å². The fourth-order valence-electron chi connectivity index (χ4n) is 2.46. The molecular weight excluding hydrogens is 336 g/mol. The summed E-state index contributed by atoms with van der Waals surface area (Å²) in [7, 11) is 0. The topological polar surface area (TPSA) is 89.2 Å². The van der Waals surface area contributed by atoms with Crippen molar-refractivity contribution in [2.24, 2.45) is 0 Å². The first-order valence-corrected chi connectivity index (χ1v) is 9.74. The quantitative estimate of drug-likeness (QED) is 0.383. The van der Waals surface area contributed by atoms with Crippen molar-refractivity contribution in [3.05, 3.63) is 0 Å². The van der Waals surface area contributed by atoms with Gasteiger partial charge in [-0.15, -0.1) is 0 Å². The fourth-order valence-corrected chi connectivity index (χ4v) is 2.46. The van der Waals surface area contributed by atoms with Gasteiger partial charge in [0.15, 0.2) is 0 Å². The Balaban J connectivity index is 1.81. The molecule has 0 aromatic carbocycles. The third kappa shape index (κ3) is 12.9. The summed E-state index contributed by atoms with van der Waals surface area (Å²) in [6.07, 6.45) is 5.54. The zero-order valence-electron chi connectivity index (χ0n) is 16.8. The van der Waals surface area contributed by atoms with Crippen LogP contribution < -0.4 is 10.6 Å². The van der Waals surface area contributed by atoms with Gasteiger partial charge in [0.1, 0.15) is 5.60 Å². The highest BCUT2D eigenvalue weighted by Crippen LogP contribution is 2.25. The highest BCUT2D eigenvalue weighted by Gasteiger charge is 2.32. The van der Waals surface area contributed by atoms with Crippen LogP contribution in [0.3, 0.4) is 0 Å². The third-order valence-corrected chi connectivity index (χ3v) is 3.93. The summed E-state index contributed by atoms with van der Waals surface area (Å²) in [6, 6.07) is 0. The molecule has 7 nitrogen and oxygen atoms in total. The van der Waals surface area contributed by atoms with Gasteiger partial charge < -0.3 is 24.8 Å². The number of hydrogen-bond donors (Lipinski definition) is 2. The normalized spacial score (nSPS) is 19.1. The zero-order chi connectivity index (χ0) is 19.4. The Morgan fingerprint density at radius 3 is 2.38 bits per heavy atom. The van der Waals surface area contributed by atoms with E-state index in [1.165, 1.54) is 0 Å². The van der Waals surface area contributed by atoms with E-state index >= 15 is 0 Å². The van der Waals surface area contributed by atoms with Crippen molar-refractivity contribution in [2.75, 3.05) is 26.3 Å². The number of carbonyl (C=O) groups is 2. The molecule has 0 radical (unpaired) electrons. The second-order valence-electron chi connectivity index (χ2n) is 7.72. The molecule has 2 atom stereocenters. The fraction of sp³-hybridized carbons (Fsp3) is 0.895. The molecule has 2 N–H and O–H groups in total. The van der Waals surface area contributed by atoms with Crippen LogP contribution in [0.2, 0.25) is 0 Å². The average molecular weight is 373 g/mol. The predicted octanol–water partition coefficient (Wildman–Crippen LogP) is 2.77. The molecular formula is C19H36N2O5. The van der Waals surface area contributed by atoms with E-state index in [0.29, 0.717) is 44.9 Å². The lowest BCUT2D eigenvalue weighted by Gasteiger charge is -2.19. The Kier molecular flexibility index (Phi) is 10.6. The maximum Gasteiger partial charge on any atom is 0.407 e. The molecule has 26 heavy (non-hydrogen) atoms. The summed E-state index contributed by atoms with van der Waals surface area (Å²) in [5.74, 6) is 0.0499. The van der Waals surface area contributed by atoms with Crippen molar-refractivity contribution in [2.45, 2.75) is 84.0 Å². The summed E-state index contributed by atoms with van der Waals surface area (Å²) >= 11 is 0. The van der Waals surface area contributed by atoms with E-state index in [1.54, 1.807) is 0 Å². The van der Waals surface area contributed by atoms with Gasteiger partial charge in [0.2, 0.25) is 5.91 Å². The summed E-state index contributed by atoms with van der Waals surface area (Å²) < 4.78 is 16.0. The Hall–Kier alpha value is -1.34. The van der Waals surface area contributed by atoms with Gasteiger partial charge in [-0.05, 0) is 53.4 Å². The number of rotatable bonds is 13. The highest BCUT2D eigenvalue weighted by atomic mass is 16.6. The van der Waals surface area contributed by atoms with Gasteiger partial charge in [0.05, 0.1) is 18.8 Å². The molecule has 1 aliphatic rings. The van der Waals surface area contributed by atoms with Gasteiger partial charge in [-0.2, -0.15) is 0 Å². The number of ether oxygens (including phenoxy) is 3. The molecule has 0 aromatic heterocycles. The number of alkyl carbamates (subject to hydrolysis) is 1. The number of carbonyl (C=O) groups excluding carboxylic acids is 2. The lowest BCUT2D eigenvalue weighted by atomic mass is 10.2. The van der Waals surface area contributed by atoms with Crippen molar-refractivity contribution in [3.8, 4) is 0 Å². The van der Waals surface area contributed by atoms with Gasteiger partial charge >= 0.3 is 6.09 Å². The van der Waals surface area contributed by atoms with E-state index in [9.17, 15) is 9.59 Å². The third-order valence-electron chi connectivity index (χ3n) is 3.93. The molecule has 152 valence electrons. The molecule has 0 saturated carbocycles. The van der Waals surface area contributed by atoms with Crippen molar-refractivity contribution in [3.63, 3.8) is 0 Å². The van der Waals surface area contributed by atoms with Crippen molar-refractivity contribution >= 4 is 12.0 Å². The lowest BCUT2D eigenvalue weighted by Crippen LogP contribution is -2.33. The summed E-state index contributed by atoms with van der Waals surface area (Å²) in [4.78, 5) is 23.1. The van der Waals surface area contributed by atoms with Crippen LogP contribution in [0.1, 0.15) is 66.2 Å². The molecule has 0 bridgehead atoms. The second kappa shape index (κ2) is 12.1. The second-order valence-corrected chi connectivity index (χ2v) is 7.72. The number of hydrogen-bond acceptors (Lipinski definition) is 5. The molecule has 7 heteroatoms. The number of unbranched alkanes of at least 4 members (excludes halogenated alkanes) is 2. The Morgan fingerprint density at radius 2 is 1.73 bits per heavy atom. The molecule has 1 heterocycles. The number of amides is 2. The van der Waals surface area contributed by atoms with Gasteiger partial charge in [-0.25, -0.2) is 4.79 Å². The van der Waals surface area contributed by atoms with Crippen LogP contribution in [-0.2, 0) is 19.0 Å². The molecule has 0 spiro atoms. The average Bonchev–Trinajstić information content (AvgIpc) is 3.23. The highest BCUT2D eigenvalue weighted by molar-refractivity contribution is 5.75. The molecule has 2 amide bonds. The molecule has 1 aliphatic heterocycles. The molecule has 1 rings (SSSR count). The Labute approximate surface area is 157 Å². The van der Waals surface area contributed by atoms with Crippen LogP contribution in [0.15, 0.2) is 0 Å².